The highest BCUT2D eigenvalue weighted by atomic mass is 16.7. The van der Waals surface area contributed by atoms with Gasteiger partial charge in [0.2, 0.25) is 18.0 Å². The van der Waals surface area contributed by atoms with Gasteiger partial charge < -0.3 is 20.1 Å². The molecule has 1 aromatic rings. The molecule has 1 aromatic carbocycles. The number of aliphatic imine (C=N–C) groups is 1. The van der Waals surface area contributed by atoms with Crippen LogP contribution in [0.3, 0.4) is 0 Å². The number of esters is 1. The Balaban J connectivity index is 2.09. The van der Waals surface area contributed by atoms with Crippen molar-refractivity contribution in [2.24, 2.45) is 10.9 Å². The maximum Gasteiger partial charge on any atom is 0.325 e. The van der Waals surface area contributed by atoms with E-state index in [1.54, 1.807) is 32.9 Å². The quantitative estimate of drug-likeness (QED) is 0.500. The van der Waals surface area contributed by atoms with Crippen LogP contribution in [0.1, 0.15) is 38.1 Å². The summed E-state index contributed by atoms with van der Waals surface area (Å²) < 4.78 is 9.87. The number of carbonyl (C=O) groups excluding carboxylic acids is 3. The molecule has 3 N–H and O–H groups in total. The van der Waals surface area contributed by atoms with Crippen molar-refractivity contribution in [3.05, 3.63) is 29.3 Å². The van der Waals surface area contributed by atoms with E-state index < -0.39 is 24.1 Å². The average Bonchev–Trinajstić information content (AvgIpc) is 3.15. The van der Waals surface area contributed by atoms with Crippen LogP contribution in [0.4, 0.5) is 0 Å². The Morgan fingerprint density at radius 2 is 2.00 bits per heavy atom. The lowest BCUT2D eigenvalue weighted by Gasteiger charge is -2.22. The van der Waals surface area contributed by atoms with E-state index in [2.05, 4.69) is 25.8 Å². The van der Waals surface area contributed by atoms with Crippen molar-refractivity contribution < 1.29 is 28.7 Å². The van der Waals surface area contributed by atoms with Crippen LogP contribution >= 0.6 is 0 Å². The largest absolute Gasteiger partial charge is 0.496 e. The Kier molecular flexibility index (Phi) is 8.16. The molecule has 164 valence electrons. The van der Waals surface area contributed by atoms with E-state index in [9.17, 15) is 14.4 Å². The van der Waals surface area contributed by atoms with Crippen molar-refractivity contribution in [1.82, 2.24) is 16.1 Å². The van der Waals surface area contributed by atoms with Crippen LogP contribution in [-0.2, 0) is 30.4 Å². The third-order valence-electron chi connectivity index (χ3n) is 4.47. The number of methoxy groups -OCH3 is 2. The lowest BCUT2D eigenvalue weighted by molar-refractivity contribution is -0.141. The van der Waals surface area contributed by atoms with Crippen molar-refractivity contribution in [3.8, 4) is 5.75 Å². The molecule has 2 amide bonds. The van der Waals surface area contributed by atoms with Gasteiger partial charge in [-0.15, -0.1) is 0 Å². The molecule has 1 aliphatic heterocycles. The molecule has 0 aliphatic carbocycles. The summed E-state index contributed by atoms with van der Waals surface area (Å²) in [6, 6.07) is 4.54. The first-order chi connectivity index (χ1) is 14.2. The van der Waals surface area contributed by atoms with E-state index in [1.165, 1.54) is 14.2 Å². The third kappa shape index (κ3) is 6.18. The van der Waals surface area contributed by atoms with Crippen LogP contribution in [-0.4, -0.2) is 50.4 Å². The van der Waals surface area contributed by atoms with Crippen LogP contribution in [0.5, 0.6) is 5.75 Å². The number of amides is 2. The van der Waals surface area contributed by atoms with E-state index in [0.717, 1.165) is 5.56 Å². The number of ether oxygens (including phenoxy) is 2. The lowest BCUT2D eigenvalue weighted by atomic mass is 10.0. The van der Waals surface area contributed by atoms with Gasteiger partial charge in [-0.2, -0.15) is 0 Å². The Labute approximate surface area is 175 Å². The number of benzene rings is 1. The maximum atomic E-state index is 12.7. The van der Waals surface area contributed by atoms with Crippen LogP contribution in [0, 0.1) is 5.92 Å². The summed E-state index contributed by atoms with van der Waals surface area (Å²) in [5, 5.41) is 5.19. The SMILES string of the molecule is COC(=O)CNC(=O)C(NC(=O)Cc1cc(C2N=C(C)NO2)ccc1OC)C(C)C. The molecular weight excluding hydrogens is 392 g/mol. The van der Waals surface area contributed by atoms with Gasteiger partial charge in [0.15, 0.2) is 0 Å². The second-order valence-corrected chi connectivity index (χ2v) is 7.12. The molecule has 30 heavy (non-hydrogen) atoms. The van der Waals surface area contributed by atoms with Gasteiger partial charge in [-0.3, -0.25) is 19.9 Å². The topological polar surface area (TPSA) is 127 Å². The van der Waals surface area contributed by atoms with Gasteiger partial charge in [0.1, 0.15) is 24.2 Å². The fraction of sp³-hybridized carbons (Fsp3) is 0.500. The predicted molar refractivity (Wildman–Crippen MR) is 109 cm³/mol. The fourth-order valence-electron chi connectivity index (χ4n) is 2.88. The minimum absolute atomic E-state index is 0.00659. The molecule has 10 nitrogen and oxygen atoms in total. The zero-order chi connectivity index (χ0) is 22.3. The first-order valence-corrected chi connectivity index (χ1v) is 9.52. The normalized spacial score (nSPS) is 16.3. The summed E-state index contributed by atoms with van der Waals surface area (Å²) in [5.74, 6) is -0.373. The molecule has 10 heteroatoms. The molecule has 0 saturated heterocycles. The van der Waals surface area contributed by atoms with Gasteiger partial charge in [-0.1, -0.05) is 19.9 Å². The molecule has 2 atom stereocenters. The number of nitrogens with one attached hydrogen (secondary N) is 3. The van der Waals surface area contributed by atoms with Crippen LogP contribution in [0.15, 0.2) is 23.2 Å². The van der Waals surface area contributed by atoms with E-state index in [1.807, 2.05) is 6.07 Å². The van der Waals surface area contributed by atoms with Crippen molar-refractivity contribution in [1.29, 1.82) is 0 Å². The summed E-state index contributed by atoms with van der Waals surface area (Å²) >= 11 is 0. The van der Waals surface area contributed by atoms with Crippen molar-refractivity contribution >= 4 is 23.6 Å². The fourth-order valence-corrected chi connectivity index (χ4v) is 2.88. The Morgan fingerprint density at radius 3 is 2.57 bits per heavy atom. The van der Waals surface area contributed by atoms with Gasteiger partial charge in [-0.05, 0) is 25.0 Å². The number of hydrogen-bond donors (Lipinski definition) is 3. The van der Waals surface area contributed by atoms with Crippen molar-refractivity contribution in [2.45, 2.75) is 39.5 Å². The molecule has 2 rings (SSSR count). The minimum atomic E-state index is -0.800. The van der Waals surface area contributed by atoms with Gasteiger partial charge in [-0.25, -0.2) is 9.83 Å². The first kappa shape index (κ1) is 23.1. The monoisotopic (exact) mass is 420 g/mol. The number of hydroxylamine groups is 1. The molecule has 1 aliphatic rings. The highest BCUT2D eigenvalue weighted by Gasteiger charge is 2.25. The highest BCUT2D eigenvalue weighted by Crippen LogP contribution is 2.27. The number of amidine groups is 1. The van der Waals surface area contributed by atoms with Crippen LogP contribution in [0.25, 0.3) is 0 Å². The number of nitrogens with zero attached hydrogens (tertiary/aromatic N) is 1. The molecule has 0 aromatic heterocycles. The van der Waals surface area contributed by atoms with Crippen molar-refractivity contribution in [3.63, 3.8) is 0 Å². The molecule has 0 radical (unpaired) electrons. The van der Waals surface area contributed by atoms with E-state index in [-0.39, 0.29) is 24.8 Å². The summed E-state index contributed by atoms with van der Waals surface area (Å²) in [6.07, 6.45) is -0.516. The van der Waals surface area contributed by atoms with Gasteiger partial charge >= 0.3 is 5.97 Å². The molecule has 0 spiro atoms. The van der Waals surface area contributed by atoms with Gasteiger partial charge in [0, 0.05) is 11.1 Å². The first-order valence-electron chi connectivity index (χ1n) is 9.52. The summed E-state index contributed by atoms with van der Waals surface area (Å²) in [7, 11) is 2.75. The molecular formula is C20H28N4O6. The van der Waals surface area contributed by atoms with Crippen LogP contribution in [0.2, 0.25) is 0 Å². The smallest absolute Gasteiger partial charge is 0.325 e. The van der Waals surface area contributed by atoms with E-state index in [4.69, 9.17) is 9.57 Å². The summed E-state index contributed by atoms with van der Waals surface area (Å²) in [5.41, 5.74) is 4.09. The second-order valence-electron chi connectivity index (χ2n) is 7.12. The Morgan fingerprint density at radius 1 is 1.27 bits per heavy atom. The number of hydrogen-bond acceptors (Lipinski definition) is 8. The number of carbonyl (C=O) groups is 3. The third-order valence-corrected chi connectivity index (χ3v) is 4.47. The number of rotatable bonds is 9. The molecule has 1 heterocycles. The molecule has 0 fully saturated rings. The Hall–Kier alpha value is -3.14. The van der Waals surface area contributed by atoms with Crippen molar-refractivity contribution in [2.75, 3.05) is 20.8 Å². The molecule has 0 bridgehead atoms. The molecule has 0 saturated carbocycles. The summed E-state index contributed by atoms with van der Waals surface area (Å²) in [4.78, 5) is 46.0. The lowest BCUT2D eigenvalue weighted by Crippen LogP contribution is -2.51. The second kappa shape index (κ2) is 10.6. The van der Waals surface area contributed by atoms with Gasteiger partial charge in [0.05, 0.1) is 20.6 Å². The Bertz CT molecular complexity index is 824. The average molecular weight is 420 g/mol. The van der Waals surface area contributed by atoms with E-state index in [0.29, 0.717) is 17.1 Å². The van der Waals surface area contributed by atoms with E-state index >= 15 is 0 Å². The van der Waals surface area contributed by atoms with Gasteiger partial charge in [0.25, 0.3) is 0 Å². The standard InChI is InChI=1S/C20H28N4O6/c1-11(2)18(19(27)21-10-17(26)29-5)23-16(25)9-14-8-13(6-7-15(14)28-4)20-22-12(3)24-30-20/h6-8,11,18,20H,9-10H2,1-5H3,(H,21,27)(H,22,24)(H,23,25). The van der Waals surface area contributed by atoms with Crippen LogP contribution < -0.4 is 20.9 Å². The zero-order valence-electron chi connectivity index (χ0n) is 17.8. The maximum absolute atomic E-state index is 12.7. The molecule has 2 unspecified atom stereocenters. The predicted octanol–water partition coefficient (Wildman–Crippen LogP) is 0.620. The summed E-state index contributed by atoms with van der Waals surface area (Å²) in [6.45, 7) is 5.12. The minimum Gasteiger partial charge on any atom is -0.496 e. The zero-order valence-corrected chi connectivity index (χ0v) is 17.8. The highest BCUT2D eigenvalue weighted by molar-refractivity contribution is 5.90.